The Morgan fingerprint density at radius 1 is 1.08 bits per heavy atom. The molecule has 37 heavy (non-hydrogen) atoms. The first-order valence-electron chi connectivity index (χ1n) is 12.8. The summed E-state index contributed by atoms with van der Waals surface area (Å²) in [6, 6.07) is 13.9. The zero-order valence-corrected chi connectivity index (χ0v) is 22.6. The van der Waals surface area contributed by atoms with E-state index in [1.807, 2.05) is 29.1 Å². The lowest BCUT2D eigenvalue weighted by Crippen LogP contribution is -2.47. The van der Waals surface area contributed by atoms with Crippen LogP contribution in [0.3, 0.4) is 0 Å². The van der Waals surface area contributed by atoms with E-state index < -0.39 is 0 Å². The largest absolute Gasteiger partial charge is 0.462 e. The fraction of sp³-hybridized carbons (Fsp3) is 0.387. The molecule has 0 fully saturated rings. The van der Waals surface area contributed by atoms with E-state index >= 15 is 0 Å². The molecular weight excluding hydrogens is 464 g/mol. The molecule has 6 heteroatoms. The topological polar surface area (TPSA) is 70.4 Å². The number of carbonyl (C=O) groups is 2. The van der Waals surface area contributed by atoms with Gasteiger partial charge >= 0.3 is 11.9 Å². The standard InChI is InChI=1S/C31H36N2O4/c1-7-36-29(35)23-12-9-22(10-13-23)11-14-24-17-26-27(18-25(24)20-33-16-8-15-32-33)31(5,6)28(37-21(2)34)19-30(26,3)4/h8-18,28H,7,19-20H2,1-6H3. The van der Waals surface area contributed by atoms with E-state index in [1.54, 1.807) is 25.3 Å². The van der Waals surface area contributed by atoms with E-state index in [1.165, 1.54) is 18.1 Å². The molecule has 0 saturated carbocycles. The SMILES string of the molecule is CCOC(=O)c1ccc(C=Cc2cc3c(cc2Cn2cccn2)C(C)(C)C(OC(C)=O)CC3(C)C)cc1. The van der Waals surface area contributed by atoms with E-state index in [2.05, 4.69) is 57.1 Å². The normalized spacial score (nSPS) is 17.8. The van der Waals surface area contributed by atoms with Gasteiger partial charge in [-0.05, 0) is 64.8 Å². The van der Waals surface area contributed by atoms with Gasteiger partial charge in [0.25, 0.3) is 0 Å². The molecule has 2 aromatic carbocycles. The zero-order chi connectivity index (χ0) is 26.8. The van der Waals surface area contributed by atoms with Gasteiger partial charge in [0.05, 0.1) is 18.7 Å². The predicted molar refractivity (Wildman–Crippen MR) is 145 cm³/mol. The van der Waals surface area contributed by atoms with Gasteiger partial charge in [-0.2, -0.15) is 5.10 Å². The summed E-state index contributed by atoms with van der Waals surface area (Å²) >= 11 is 0. The van der Waals surface area contributed by atoms with Gasteiger partial charge in [-0.1, -0.05) is 64.1 Å². The maximum atomic E-state index is 12.0. The first-order valence-corrected chi connectivity index (χ1v) is 12.8. The van der Waals surface area contributed by atoms with Gasteiger partial charge in [0.1, 0.15) is 6.10 Å². The predicted octanol–water partition coefficient (Wildman–Crippen LogP) is 6.17. The van der Waals surface area contributed by atoms with E-state index in [-0.39, 0.29) is 28.9 Å². The van der Waals surface area contributed by atoms with Gasteiger partial charge in [-0.25, -0.2) is 4.79 Å². The second-order valence-corrected chi connectivity index (χ2v) is 10.9. The van der Waals surface area contributed by atoms with E-state index in [0.717, 1.165) is 23.1 Å². The Hall–Kier alpha value is -3.67. The third-order valence-corrected chi connectivity index (χ3v) is 7.28. The van der Waals surface area contributed by atoms with Crippen molar-refractivity contribution in [3.05, 3.63) is 88.2 Å². The molecule has 6 nitrogen and oxygen atoms in total. The third-order valence-electron chi connectivity index (χ3n) is 7.28. The van der Waals surface area contributed by atoms with Gasteiger partial charge in [0, 0.05) is 24.7 Å². The molecule has 0 N–H and O–H groups in total. The van der Waals surface area contributed by atoms with Crippen molar-refractivity contribution in [3.8, 4) is 0 Å². The van der Waals surface area contributed by atoms with Crippen LogP contribution in [0.5, 0.6) is 0 Å². The van der Waals surface area contributed by atoms with Crippen LogP contribution in [-0.2, 0) is 31.6 Å². The highest BCUT2D eigenvalue weighted by Crippen LogP contribution is 2.48. The maximum absolute atomic E-state index is 12.0. The number of fused-ring (bicyclic) bond motifs is 1. The average Bonchev–Trinajstić information content (AvgIpc) is 3.35. The maximum Gasteiger partial charge on any atom is 0.338 e. The van der Waals surface area contributed by atoms with Gasteiger partial charge in [0.15, 0.2) is 0 Å². The van der Waals surface area contributed by atoms with E-state index in [4.69, 9.17) is 9.47 Å². The lowest BCUT2D eigenvalue weighted by Gasteiger charge is -2.47. The van der Waals surface area contributed by atoms with Gasteiger partial charge in [-0.3, -0.25) is 9.48 Å². The Bertz CT molecular complexity index is 1300. The minimum absolute atomic E-state index is 0.168. The zero-order valence-electron chi connectivity index (χ0n) is 22.6. The Balaban J connectivity index is 1.76. The fourth-order valence-electron chi connectivity index (χ4n) is 5.14. The van der Waals surface area contributed by atoms with Crippen LogP contribution in [0.25, 0.3) is 12.2 Å². The molecule has 3 aromatic rings. The number of esters is 2. The molecular formula is C31H36N2O4. The number of aromatic nitrogens is 2. The van der Waals surface area contributed by atoms with E-state index in [0.29, 0.717) is 18.7 Å². The highest BCUT2D eigenvalue weighted by atomic mass is 16.5. The molecule has 0 radical (unpaired) electrons. The Kier molecular flexibility index (Phi) is 7.39. The Morgan fingerprint density at radius 3 is 2.43 bits per heavy atom. The molecule has 0 aliphatic heterocycles. The first-order chi connectivity index (χ1) is 17.5. The number of carbonyl (C=O) groups excluding carboxylic acids is 2. The molecule has 1 aromatic heterocycles. The Labute approximate surface area is 219 Å². The van der Waals surface area contributed by atoms with Crippen LogP contribution in [0.2, 0.25) is 0 Å². The quantitative estimate of drug-likeness (QED) is 0.287. The van der Waals surface area contributed by atoms with Crippen LogP contribution in [0.15, 0.2) is 54.9 Å². The van der Waals surface area contributed by atoms with Crippen molar-refractivity contribution in [2.24, 2.45) is 0 Å². The summed E-state index contributed by atoms with van der Waals surface area (Å²) in [6.07, 6.45) is 8.47. The number of hydrogen-bond donors (Lipinski definition) is 0. The molecule has 0 amide bonds. The minimum Gasteiger partial charge on any atom is -0.462 e. The molecule has 0 saturated heterocycles. The van der Waals surface area contributed by atoms with Crippen LogP contribution in [0, 0.1) is 0 Å². The van der Waals surface area contributed by atoms with Crippen molar-refractivity contribution in [1.82, 2.24) is 9.78 Å². The first kappa shape index (κ1) is 26.4. The molecule has 194 valence electrons. The van der Waals surface area contributed by atoms with Crippen LogP contribution in [0.1, 0.15) is 86.1 Å². The molecule has 1 unspecified atom stereocenters. The summed E-state index contributed by atoms with van der Waals surface area (Å²) < 4.78 is 12.8. The highest BCUT2D eigenvalue weighted by Gasteiger charge is 2.46. The number of rotatable bonds is 7. The molecule has 0 bridgehead atoms. The number of hydrogen-bond acceptors (Lipinski definition) is 5. The summed E-state index contributed by atoms with van der Waals surface area (Å²) in [5, 5.41) is 4.42. The minimum atomic E-state index is -0.333. The summed E-state index contributed by atoms with van der Waals surface area (Å²) in [6.45, 7) is 13.0. The van der Waals surface area contributed by atoms with Crippen LogP contribution in [-0.4, -0.2) is 34.4 Å². The molecule has 4 rings (SSSR count). The number of nitrogens with zero attached hydrogens (tertiary/aromatic N) is 2. The fourth-order valence-corrected chi connectivity index (χ4v) is 5.14. The van der Waals surface area contributed by atoms with Gasteiger partial charge in [0.2, 0.25) is 0 Å². The summed E-state index contributed by atoms with van der Waals surface area (Å²) in [4.78, 5) is 23.9. The van der Waals surface area contributed by atoms with Crippen LogP contribution in [0.4, 0.5) is 0 Å². The van der Waals surface area contributed by atoms with Crippen LogP contribution < -0.4 is 0 Å². The highest BCUT2D eigenvalue weighted by molar-refractivity contribution is 5.89. The summed E-state index contributed by atoms with van der Waals surface area (Å²) in [5.74, 6) is -0.561. The molecule has 1 atom stereocenters. The van der Waals surface area contributed by atoms with Gasteiger partial charge in [-0.15, -0.1) is 0 Å². The van der Waals surface area contributed by atoms with Crippen molar-refractivity contribution in [3.63, 3.8) is 0 Å². The molecule has 0 spiro atoms. The Morgan fingerprint density at radius 2 is 1.81 bits per heavy atom. The summed E-state index contributed by atoms with van der Waals surface area (Å²) in [7, 11) is 0. The molecule has 1 aliphatic carbocycles. The number of ether oxygens (including phenoxy) is 2. The summed E-state index contributed by atoms with van der Waals surface area (Å²) in [5.41, 5.74) is 5.74. The van der Waals surface area contributed by atoms with Crippen molar-refractivity contribution >= 4 is 24.1 Å². The van der Waals surface area contributed by atoms with Crippen molar-refractivity contribution < 1.29 is 19.1 Å². The van der Waals surface area contributed by atoms with E-state index in [9.17, 15) is 9.59 Å². The van der Waals surface area contributed by atoms with Crippen molar-refractivity contribution in [2.75, 3.05) is 6.61 Å². The monoisotopic (exact) mass is 500 g/mol. The molecule has 1 heterocycles. The van der Waals surface area contributed by atoms with Crippen molar-refractivity contribution in [2.45, 2.75) is 71.4 Å². The second-order valence-electron chi connectivity index (χ2n) is 10.9. The molecule has 1 aliphatic rings. The second kappa shape index (κ2) is 10.4. The van der Waals surface area contributed by atoms with Gasteiger partial charge < -0.3 is 9.47 Å². The average molecular weight is 501 g/mol. The number of benzene rings is 2. The lowest BCUT2D eigenvalue weighted by molar-refractivity contribution is -0.151. The van der Waals surface area contributed by atoms with Crippen molar-refractivity contribution in [1.29, 1.82) is 0 Å². The smallest absolute Gasteiger partial charge is 0.338 e. The lowest BCUT2D eigenvalue weighted by atomic mass is 9.61. The van der Waals surface area contributed by atoms with Crippen LogP contribution >= 0.6 is 0 Å². The third kappa shape index (κ3) is 5.68.